The van der Waals surface area contributed by atoms with Crippen LogP contribution in [0.5, 0.6) is 0 Å². The maximum absolute atomic E-state index is 9.00. The molecule has 2 heteroatoms. The number of allylic oxidation sites excluding steroid dienone is 1. The molecule has 0 atom stereocenters. The van der Waals surface area contributed by atoms with Gasteiger partial charge in [-0.3, -0.25) is 4.99 Å². The van der Waals surface area contributed by atoms with Gasteiger partial charge >= 0.3 is 0 Å². The van der Waals surface area contributed by atoms with Gasteiger partial charge in [0.2, 0.25) is 0 Å². The van der Waals surface area contributed by atoms with Crippen molar-refractivity contribution in [1.29, 1.82) is 5.41 Å². The van der Waals surface area contributed by atoms with Crippen molar-refractivity contribution in [3.8, 4) is 33.4 Å². The third kappa shape index (κ3) is 5.70. The standard InChI is InChI=1S/C51H38N2/c1-51(2)49-41-23-10-9-17-35(41)27-30-46(49)45-26-14-25-44(50(45)51)43-29-28-39(40-22-11-12-24-42(40)43)33-53-48(32-47(52)36-18-7-4-8-19-36)38-21-13-20-37(31-38)34-15-5-3-6-16-34/h3-33,52H,1-2H3/b48-32-,52-47?,53-33?. The SMILES string of the molecule is CC1(C)c2c(cccc2-c2ccc(C=N/C(=C\C(=N)c3ccccc3)c3cccc(-c4ccccc4)c3)c3ccccc23)-c2ccc3ccccc3c21. The van der Waals surface area contributed by atoms with E-state index in [0.717, 1.165) is 38.9 Å². The van der Waals surface area contributed by atoms with E-state index in [4.69, 9.17) is 10.4 Å². The molecule has 0 radical (unpaired) electrons. The van der Waals surface area contributed by atoms with Gasteiger partial charge < -0.3 is 5.41 Å². The molecule has 0 fully saturated rings. The molecule has 1 N–H and O–H groups in total. The summed E-state index contributed by atoms with van der Waals surface area (Å²) >= 11 is 0. The summed E-state index contributed by atoms with van der Waals surface area (Å²) in [6.07, 6.45) is 3.84. The summed E-state index contributed by atoms with van der Waals surface area (Å²) < 4.78 is 0. The first kappa shape index (κ1) is 32.3. The molecule has 8 aromatic carbocycles. The largest absolute Gasteiger partial charge is 0.300 e. The summed E-state index contributed by atoms with van der Waals surface area (Å²) in [5.74, 6) is 0. The maximum atomic E-state index is 9.00. The molecule has 0 amide bonds. The van der Waals surface area contributed by atoms with Gasteiger partial charge in [-0.25, -0.2) is 0 Å². The number of fused-ring (bicyclic) bond motifs is 6. The van der Waals surface area contributed by atoms with Gasteiger partial charge in [-0.05, 0) is 83.8 Å². The molecule has 0 spiro atoms. The lowest BCUT2D eigenvalue weighted by molar-refractivity contribution is 0.668. The van der Waals surface area contributed by atoms with Crippen LogP contribution in [0, 0.1) is 5.41 Å². The van der Waals surface area contributed by atoms with Gasteiger partial charge in [-0.2, -0.15) is 0 Å². The van der Waals surface area contributed by atoms with Crippen LogP contribution in [0.2, 0.25) is 0 Å². The number of hydrogen-bond donors (Lipinski definition) is 1. The lowest BCUT2D eigenvalue weighted by atomic mass is 9.77. The lowest BCUT2D eigenvalue weighted by Crippen LogP contribution is -2.17. The summed E-state index contributed by atoms with van der Waals surface area (Å²) in [5.41, 5.74) is 14.0. The Hall–Kier alpha value is -6.64. The smallest absolute Gasteiger partial charge is 0.0723 e. The van der Waals surface area contributed by atoms with Crippen molar-refractivity contribution >= 4 is 39.2 Å². The third-order valence-electron chi connectivity index (χ3n) is 10.8. The Kier molecular flexibility index (Phi) is 8.01. The number of rotatable bonds is 7. The third-order valence-corrected chi connectivity index (χ3v) is 10.8. The Labute approximate surface area is 311 Å². The number of nitrogens with zero attached hydrogens (tertiary/aromatic N) is 1. The second kappa shape index (κ2) is 13.2. The van der Waals surface area contributed by atoms with Crippen molar-refractivity contribution in [3.05, 3.63) is 210 Å². The zero-order valence-corrected chi connectivity index (χ0v) is 29.8. The quantitative estimate of drug-likeness (QED) is 0.163. The van der Waals surface area contributed by atoms with Crippen LogP contribution in [-0.2, 0) is 5.41 Å². The predicted octanol–water partition coefficient (Wildman–Crippen LogP) is 13.2. The minimum atomic E-state index is -0.180. The normalized spacial score (nSPS) is 13.4. The monoisotopic (exact) mass is 678 g/mol. The Morgan fingerprint density at radius 1 is 0.491 bits per heavy atom. The van der Waals surface area contributed by atoms with Gasteiger partial charge in [-0.1, -0.05) is 184 Å². The average molecular weight is 679 g/mol. The van der Waals surface area contributed by atoms with Crippen LogP contribution in [0.25, 0.3) is 60.6 Å². The van der Waals surface area contributed by atoms with Gasteiger partial charge in [0.1, 0.15) is 0 Å². The molecule has 0 unspecified atom stereocenters. The van der Waals surface area contributed by atoms with Crippen LogP contribution >= 0.6 is 0 Å². The van der Waals surface area contributed by atoms with E-state index in [1.807, 2.05) is 48.7 Å². The van der Waals surface area contributed by atoms with Crippen molar-refractivity contribution < 1.29 is 0 Å². The van der Waals surface area contributed by atoms with E-state index in [1.54, 1.807) is 0 Å². The molecule has 0 bridgehead atoms. The van der Waals surface area contributed by atoms with E-state index in [1.165, 1.54) is 49.5 Å². The van der Waals surface area contributed by atoms with Crippen LogP contribution in [0.1, 0.15) is 41.7 Å². The Bertz CT molecular complexity index is 2750. The van der Waals surface area contributed by atoms with Crippen LogP contribution in [0.15, 0.2) is 187 Å². The summed E-state index contributed by atoms with van der Waals surface area (Å²) in [6, 6.07) is 61.9. The Morgan fingerprint density at radius 3 is 1.87 bits per heavy atom. The molecular weight excluding hydrogens is 641 g/mol. The molecular formula is C51H38N2. The highest BCUT2D eigenvalue weighted by Crippen LogP contribution is 2.54. The Balaban J connectivity index is 1.16. The number of aliphatic imine (C=N–C) groups is 1. The van der Waals surface area contributed by atoms with E-state index < -0.39 is 0 Å². The summed E-state index contributed by atoms with van der Waals surface area (Å²) in [5, 5.41) is 13.9. The molecule has 0 aromatic heterocycles. The van der Waals surface area contributed by atoms with Crippen LogP contribution < -0.4 is 0 Å². The minimum Gasteiger partial charge on any atom is -0.300 e. The molecule has 1 aliphatic carbocycles. The Morgan fingerprint density at radius 2 is 1.08 bits per heavy atom. The number of benzene rings is 8. The first-order chi connectivity index (χ1) is 26.0. The van der Waals surface area contributed by atoms with Crippen molar-refractivity contribution in [1.82, 2.24) is 0 Å². The molecule has 0 aliphatic heterocycles. The fourth-order valence-electron chi connectivity index (χ4n) is 8.30. The minimum absolute atomic E-state index is 0.180. The number of hydrogen-bond acceptors (Lipinski definition) is 2. The second-order valence-corrected chi connectivity index (χ2v) is 14.3. The average Bonchev–Trinajstić information content (AvgIpc) is 3.46. The van der Waals surface area contributed by atoms with Crippen LogP contribution in [0.4, 0.5) is 0 Å². The molecule has 53 heavy (non-hydrogen) atoms. The predicted molar refractivity (Wildman–Crippen MR) is 225 cm³/mol. The van der Waals surface area contributed by atoms with Crippen molar-refractivity contribution in [3.63, 3.8) is 0 Å². The zero-order chi connectivity index (χ0) is 35.9. The molecule has 0 heterocycles. The fourth-order valence-corrected chi connectivity index (χ4v) is 8.30. The van der Waals surface area contributed by atoms with Crippen LogP contribution in [0.3, 0.4) is 0 Å². The highest BCUT2D eigenvalue weighted by molar-refractivity contribution is 6.12. The van der Waals surface area contributed by atoms with E-state index in [2.05, 4.69) is 153 Å². The molecule has 8 aromatic rings. The topological polar surface area (TPSA) is 36.2 Å². The van der Waals surface area contributed by atoms with E-state index in [9.17, 15) is 0 Å². The second-order valence-electron chi connectivity index (χ2n) is 14.3. The van der Waals surface area contributed by atoms with Crippen molar-refractivity contribution in [2.75, 3.05) is 0 Å². The highest BCUT2D eigenvalue weighted by atomic mass is 14.7. The first-order valence-corrected chi connectivity index (χ1v) is 18.2. The van der Waals surface area contributed by atoms with E-state index in [0.29, 0.717) is 5.71 Å². The first-order valence-electron chi connectivity index (χ1n) is 18.2. The zero-order valence-electron chi connectivity index (χ0n) is 29.8. The molecule has 0 saturated carbocycles. The van der Waals surface area contributed by atoms with Gasteiger partial charge in [0, 0.05) is 22.8 Å². The molecule has 252 valence electrons. The van der Waals surface area contributed by atoms with Gasteiger partial charge in [0.25, 0.3) is 0 Å². The lowest BCUT2D eigenvalue weighted by Gasteiger charge is -2.26. The summed E-state index contributed by atoms with van der Waals surface area (Å²) in [7, 11) is 0. The van der Waals surface area contributed by atoms with Crippen molar-refractivity contribution in [2.45, 2.75) is 19.3 Å². The highest BCUT2D eigenvalue weighted by Gasteiger charge is 2.39. The fraction of sp³-hybridized carbons (Fsp3) is 0.0588. The molecule has 1 aliphatic rings. The van der Waals surface area contributed by atoms with E-state index in [-0.39, 0.29) is 5.41 Å². The maximum Gasteiger partial charge on any atom is 0.0723 e. The van der Waals surface area contributed by atoms with Gasteiger partial charge in [-0.15, -0.1) is 0 Å². The van der Waals surface area contributed by atoms with Gasteiger partial charge in [0.15, 0.2) is 0 Å². The molecule has 0 saturated heterocycles. The molecule has 2 nitrogen and oxygen atoms in total. The summed E-state index contributed by atoms with van der Waals surface area (Å²) in [6.45, 7) is 4.76. The van der Waals surface area contributed by atoms with Gasteiger partial charge in [0.05, 0.1) is 11.4 Å². The molecule has 9 rings (SSSR count). The van der Waals surface area contributed by atoms with Crippen molar-refractivity contribution in [2.24, 2.45) is 4.99 Å². The number of nitrogens with one attached hydrogen (secondary N) is 1. The summed E-state index contributed by atoms with van der Waals surface area (Å²) in [4.78, 5) is 5.15. The van der Waals surface area contributed by atoms with Crippen LogP contribution in [-0.4, -0.2) is 11.9 Å². The van der Waals surface area contributed by atoms with E-state index >= 15 is 0 Å².